The number of carbonyl (C=O) groups excluding carboxylic acids is 1. The van der Waals surface area contributed by atoms with Crippen LogP contribution in [0.5, 0.6) is 5.75 Å². The fraction of sp³-hybridized carbons (Fsp3) is 0.474. The molecule has 1 N–H and O–H groups in total. The van der Waals surface area contributed by atoms with Crippen molar-refractivity contribution < 1.29 is 23.0 Å². The maximum atomic E-state index is 12.9. The van der Waals surface area contributed by atoms with E-state index in [0.717, 1.165) is 6.42 Å². The van der Waals surface area contributed by atoms with E-state index in [2.05, 4.69) is 28.9 Å². The van der Waals surface area contributed by atoms with E-state index in [-0.39, 0.29) is 23.3 Å². The molecule has 1 saturated heterocycles. The van der Waals surface area contributed by atoms with Gasteiger partial charge in [0.15, 0.2) is 5.75 Å². The van der Waals surface area contributed by atoms with Crippen molar-refractivity contribution in [2.75, 3.05) is 25.1 Å². The van der Waals surface area contributed by atoms with Crippen molar-refractivity contribution in [3.63, 3.8) is 0 Å². The molecule has 1 aliphatic heterocycles. The molecule has 27 heavy (non-hydrogen) atoms. The predicted octanol–water partition coefficient (Wildman–Crippen LogP) is 4.12. The fourth-order valence-corrected chi connectivity index (χ4v) is 3.30. The average molecular weight is 379 g/mol. The molecule has 2 amide bonds. The van der Waals surface area contributed by atoms with E-state index in [1.165, 1.54) is 12.3 Å². The van der Waals surface area contributed by atoms with Crippen LogP contribution in [0.25, 0.3) is 10.9 Å². The average Bonchev–Trinajstić information content (AvgIpc) is 2.63. The minimum atomic E-state index is -2.94. The molecule has 0 bridgehead atoms. The van der Waals surface area contributed by atoms with Crippen LogP contribution >= 0.6 is 0 Å². The van der Waals surface area contributed by atoms with Crippen LogP contribution in [0.15, 0.2) is 30.5 Å². The Labute approximate surface area is 156 Å². The van der Waals surface area contributed by atoms with Crippen molar-refractivity contribution in [2.45, 2.75) is 32.9 Å². The summed E-state index contributed by atoms with van der Waals surface area (Å²) in [6.07, 6.45) is 2.34. The van der Waals surface area contributed by atoms with Crippen molar-refractivity contribution in [1.29, 1.82) is 0 Å². The van der Waals surface area contributed by atoms with Crippen LogP contribution in [-0.2, 0) is 4.74 Å². The first-order chi connectivity index (χ1) is 13.0. The number of halogens is 2. The number of morpholine rings is 1. The first kappa shape index (κ1) is 19.3. The zero-order chi connectivity index (χ0) is 19.4. The Morgan fingerprint density at radius 2 is 2.22 bits per heavy atom. The van der Waals surface area contributed by atoms with E-state index in [4.69, 9.17) is 4.74 Å². The Kier molecular flexibility index (Phi) is 6.05. The number of nitrogens with zero attached hydrogens (tertiary/aromatic N) is 2. The number of carbonyl (C=O) groups is 1. The monoisotopic (exact) mass is 379 g/mol. The molecular formula is C19H23F2N3O3. The standard InChI is InChI=1S/C19H23F2N3O3/c1-12(2)10-13-11-26-9-8-24(13)19(25)23-15-5-6-16(27-18(20)21)17-14(15)4-3-7-22-17/h3-7,12-13,18H,8-11H2,1-2H3,(H,23,25). The van der Waals surface area contributed by atoms with Crippen LogP contribution in [0.1, 0.15) is 20.3 Å². The van der Waals surface area contributed by atoms with Gasteiger partial charge in [-0.2, -0.15) is 8.78 Å². The van der Waals surface area contributed by atoms with Crippen LogP contribution < -0.4 is 10.1 Å². The van der Waals surface area contributed by atoms with E-state index < -0.39 is 6.61 Å². The van der Waals surface area contributed by atoms with Crippen molar-refractivity contribution >= 4 is 22.6 Å². The van der Waals surface area contributed by atoms with Gasteiger partial charge < -0.3 is 19.7 Å². The Hall–Kier alpha value is -2.48. The van der Waals surface area contributed by atoms with Crippen molar-refractivity contribution in [1.82, 2.24) is 9.88 Å². The SMILES string of the molecule is CC(C)CC1COCCN1C(=O)Nc1ccc(OC(F)F)c2ncccc12. The summed E-state index contributed by atoms with van der Waals surface area (Å²) >= 11 is 0. The van der Waals surface area contributed by atoms with Crippen molar-refractivity contribution in [2.24, 2.45) is 5.92 Å². The number of urea groups is 1. The van der Waals surface area contributed by atoms with Crippen LogP contribution in [0.4, 0.5) is 19.3 Å². The molecule has 1 unspecified atom stereocenters. The molecule has 0 spiro atoms. The molecule has 2 aromatic rings. The summed E-state index contributed by atoms with van der Waals surface area (Å²) < 4.78 is 35.3. The molecule has 6 nitrogen and oxygen atoms in total. The van der Waals surface area contributed by atoms with E-state index in [9.17, 15) is 13.6 Å². The third-order valence-corrected chi connectivity index (χ3v) is 4.42. The summed E-state index contributed by atoms with van der Waals surface area (Å²) in [7, 11) is 0. The van der Waals surface area contributed by atoms with Gasteiger partial charge in [0, 0.05) is 18.1 Å². The Balaban J connectivity index is 1.84. The second-order valence-electron chi connectivity index (χ2n) is 6.87. The second kappa shape index (κ2) is 8.47. The molecule has 0 aliphatic carbocycles. The number of fused-ring (bicyclic) bond motifs is 1. The maximum absolute atomic E-state index is 12.9. The summed E-state index contributed by atoms with van der Waals surface area (Å²) in [6.45, 7) is 2.77. The van der Waals surface area contributed by atoms with Crippen molar-refractivity contribution in [3.8, 4) is 5.75 Å². The Morgan fingerprint density at radius 1 is 1.41 bits per heavy atom. The number of rotatable bonds is 5. The summed E-state index contributed by atoms with van der Waals surface area (Å²) in [6, 6.07) is 6.10. The first-order valence-electron chi connectivity index (χ1n) is 8.93. The first-order valence-corrected chi connectivity index (χ1v) is 8.93. The van der Waals surface area contributed by atoms with Gasteiger partial charge >= 0.3 is 12.6 Å². The highest BCUT2D eigenvalue weighted by molar-refractivity contribution is 6.02. The second-order valence-corrected chi connectivity index (χ2v) is 6.87. The lowest BCUT2D eigenvalue weighted by molar-refractivity contribution is -0.0489. The number of amides is 2. The topological polar surface area (TPSA) is 63.7 Å². The summed E-state index contributed by atoms with van der Waals surface area (Å²) in [4.78, 5) is 18.8. The molecule has 1 aliphatic rings. The lowest BCUT2D eigenvalue weighted by Gasteiger charge is -2.36. The van der Waals surface area contributed by atoms with Gasteiger partial charge in [-0.05, 0) is 36.6 Å². The van der Waals surface area contributed by atoms with E-state index >= 15 is 0 Å². The molecular weight excluding hydrogens is 356 g/mol. The Bertz CT molecular complexity index is 801. The van der Waals surface area contributed by atoms with Crippen LogP contribution in [0.3, 0.4) is 0 Å². The van der Waals surface area contributed by atoms with Crippen LogP contribution in [0.2, 0.25) is 0 Å². The number of hydrogen-bond donors (Lipinski definition) is 1. The molecule has 1 aromatic carbocycles. The highest BCUT2D eigenvalue weighted by Gasteiger charge is 2.28. The summed E-state index contributed by atoms with van der Waals surface area (Å²) in [5.74, 6) is 0.408. The zero-order valence-corrected chi connectivity index (χ0v) is 15.3. The number of benzene rings is 1. The highest BCUT2D eigenvalue weighted by atomic mass is 19.3. The third kappa shape index (κ3) is 4.63. The lowest BCUT2D eigenvalue weighted by atomic mass is 10.0. The van der Waals surface area contributed by atoms with Gasteiger partial charge in [-0.25, -0.2) is 4.79 Å². The van der Waals surface area contributed by atoms with Gasteiger partial charge in [0.05, 0.1) is 24.9 Å². The number of aromatic nitrogens is 1. The van der Waals surface area contributed by atoms with Gasteiger partial charge in [0.2, 0.25) is 0 Å². The summed E-state index contributed by atoms with van der Waals surface area (Å²) in [5.41, 5.74) is 0.774. The minimum absolute atomic E-state index is 0.00424. The minimum Gasteiger partial charge on any atom is -0.432 e. The zero-order valence-electron chi connectivity index (χ0n) is 15.3. The number of ether oxygens (including phenoxy) is 2. The molecule has 1 fully saturated rings. The molecule has 0 saturated carbocycles. The van der Waals surface area contributed by atoms with Gasteiger partial charge in [0.25, 0.3) is 0 Å². The molecule has 0 radical (unpaired) electrons. The molecule has 8 heteroatoms. The van der Waals surface area contributed by atoms with E-state index in [0.29, 0.717) is 36.8 Å². The van der Waals surface area contributed by atoms with Gasteiger partial charge in [-0.3, -0.25) is 4.98 Å². The van der Waals surface area contributed by atoms with Gasteiger partial charge in [-0.1, -0.05) is 13.8 Å². The van der Waals surface area contributed by atoms with Gasteiger partial charge in [-0.15, -0.1) is 0 Å². The largest absolute Gasteiger partial charge is 0.432 e. The molecule has 1 aromatic heterocycles. The fourth-order valence-electron chi connectivity index (χ4n) is 3.30. The number of anilines is 1. The maximum Gasteiger partial charge on any atom is 0.387 e. The molecule has 2 heterocycles. The van der Waals surface area contributed by atoms with Crippen molar-refractivity contribution in [3.05, 3.63) is 30.5 Å². The number of nitrogens with one attached hydrogen (secondary N) is 1. The molecule has 146 valence electrons. The normalized spacial score (nSPS) is 17.6. The number of alkyl halides is 2. The summed E-state index contributed by atoms with van der Waals surface area (Å²) in [5, 5.41) is 3.43. The van der Waals surface area contributed by atoms with Gasteiger partial charge in [0.1, 0.15) is 5.52 Å². The van der Waals surface area contributed by atoms with E-state index in [1.807, 2.05) is 0 Å². The van der Waals surface area contributed by atoms with Crippen LogP contribution in [0, 0.1) is 5.92 Å². The number of pyridine rings is 1. The lowest BCUT2D eigenvalue weighted by Crippen LogP contribution is -2.50. The quantitative estimate of drug-likeness (QED) is 0.849. The highest BCUT2D eigenvalue weighted by Crippen LogP contribution is 2.31. The molecule has 3 rings (SSSR count). The number of hydrogen-bond acceptors (Lipinski definition) is 4. The van der Waals surface area contributed by atoms with E-state index in [1.54, 1.807) is 23.1 Å². The third-order valence-electron chi connectivity index (χ3n) is 4.42. The van der Waals surface area contributed by atoms with Crippen LogP contribution in [-0.4, -0.2) is 48.3 Å². The predicted molar refractivity (Wildman–Crippen MR) is 98.2 cm³/mol. The molecule has 1 atom stereocenters. The Morgan fingerprint density at radius 3 is 2.96 bits per heavy atom. The smallest absolute Gasteiger partial charge is 0.387 e.